The maximum atomic E-state index is 12.1. The second-order valence-corrected chi connectivity index (χ2v) is 8.00. The number of allylic oxidation sites excluding steroid dienone is 1. The van der Waals surface area contributed by atoms with Crippen molar-refractivity contribution in [2.24, 2.45) is 0 Å². The van der Waals surface area contributed by atoms with Gasteiger partial charge in [-0.2, -0.15) is 0 Å². The lowest BCUT2D eigenvalue weighted by atomic mass is 9.94. The van der Waals surface area contributed by atoms with Gasteiger partial charge in [-0.05, 0) is 56.9 Å². The Hall–Kier alpha value is -3.08. The lowest BCUT2D eigenvalue weighted by molar-refractivity contribution is 0.0508. The van der Waals surface area contributed by atoms with E-state index in [4.69, 9.17) is 10.1 Å². The number of nitrogens with one attached hydrogen (secondary N) is 3. The summed E-state index contributed by atoms with van der Waals surface area (Å²) in [5.41, 5.74) is 4.38. The predicted molar refractivity (Wildman–Crippen MR) is 119 cm³/mol. The second kappa shape index (κ2) is 9.92. The molecule has 1 unspecified atom stereocenters. The summed E-state index contributed by atoms with van der Waals surface area (Å²) in [5.74, 6) is 0. The monoisotopic (exact) mass is 393 g/mol. The molecule has 5 nitrogen and oxygen atoms in total. The van der Waals surface area contributed by atoms with E-state index in [1.54, 1.807) is 0 Å². The fraction of sp³-hybridized carbons (Fsp3) is 0.333. The average Bonchev–Trinajstić information content (AvgIpc) is 2.65. The molecule has 2 aromatic rings. The van der Waals surface area contributed by atoms with Crippen LogP contribution in [0.4, 0.5) is 4.79 Å². The summed E-state index contributed by atoms with van der Waals surface area (Å²) < 4.78 is 5.36. The van der Waals surface area contributed by atoms with Crippen molar-refractivity contribution in [3.8, 4) is 0 Å². The average molecular weight is 394 g/mol. The van der Waals surface area contributed by atoms with E-state index in [1.165, 1.54) is 11.8 Å². The van der Waals surface area contributed by atoms with Crippen molar-refractivity contribution in [2.75, 3.05) is 0 Å². The first-order valence-electron chi connectivity index (χ1n) is 9.78. The van der Waals surface area contributed by atoms with Gasteiger partial charge < -0.3 is 20.8 Å². The van der Waals surface area contributed by atoms with Crippen molar-refractivity contribution in [1.29, 1.82) is 5.41 Å². The van der Waals surface area contributed by atoms with Crippen LogP contribution in [0.1, 0.15) is 56.0 Å². The Kier molecular flexibility index (Phi) is 7.59. The molecule has 0 fully saturated rings. The molecule has 0 aliphatic heterocycles. The molecule has 1 atom stereocenters. The zero-order valence-corrected chi connectivity index (χ0v) is 17.9. The van der Waals surface area contributed by atoms with Crippen LogP contribution in [-0.2, 0) is 11.3 Å². The molecule has 154 valence electrons. The molecule has 1 amide bonds. The summed E-state index contributed by atoms with van der Waals surface area (Å²) in [4.78, 5) is 12.1. The maximum absolute atomic E-state index is 12.1. The summed E-state index contributed by atoms with van der Waals surface area (Å²) >= 11 is 0. The van der Waals surface area contributed by atoms with Crippen molar-refractivity contribution in [2.45, 2.75) is 52.8 Å². The minimum atomic E-state index is -0.540. The van der Waals surface area contributed by atoms with Crippen molar-refractivity contribution in [3.05, 3.63) is 77.0 Å². The van der Waals surface area contributed by atoms with Gasteiger partial charge in [-0.15, -0.1) is 0 Å². The lowest BCUT2D eigenvalue weighted by Crippen LogP contribution is -2.34. The van der Waals surface area contributed by atoms with Gasteiger partial charge in [-0.1, -0.05) is 48.5 Å². The quantitative estimate of drug-likeness (QED) is 0.554. The van der Waals surface area contributed by atoms with Crippen LogP contribution in [0.5, 0.6) is 0 Å². The molecule has 29 heavy (non-hydrogen) atoms. The predicted octanol–water partition coefficient (Wildman–Crippen LogP) is 5.36. The number of carbonyl (C=O) groups excluding carboxylic acids is 1. The third-order valence-corrected chi connectivity index (χ3v) is 4.45. The molecule has 2 rings (SSSR count). The Labute approximate surface area is 173 Å². The van der Waals surface area contributed by atoms with Crippen LogP contribution < -0.4 is 10.6 Å². The highest BCUT2D eigenvalue weighted by Crippen LogP contribution is 2.25. The first-order chi connectivity index (χ1) is 13.7. The van der Waals surface area contributed by atoms with Crippen LogP contribution in [0.15, 0.2) is 54.7 Å². The molecule has 0 aromatic heterocycles. The van der Waals surface area contributed by atoms with Crippen molar-refractivity contribution in [1.82, 2.24) is 10.6 Å². The summed E-state index contributed by atoms with van der Waals surface area (Å²) in [6.45, 7) is 10.1. The highest BCUT2D eigenvalue weighted by Gasteiger charge is 2.19. The Morgan fingerprint density at radius 3 is 2.45 bits per heavy atom. The van der Waals surface area contributed by atoms with Crippen molar-refractivity contribution in [3.63, 3.8) is 0 Å². The number of amides is 1. The van der Waals surface area contributed by atoms with Crippen LogP contribution in [0.3, 0.4) is 0 Å². The first-order valence-corrected chi connectivity index (χ1v) is 9.78. The molecule has 0 saturated heterocycles. The molecular weight excluding hydrogens is 362 g/mol. The molecule has 3 N–H and O–H groups in total. The van der Waals surface area contributed by atoms with Gasteiger partial charge in [-0.3, -0.25) is 0 Å². The zero-order valence-electron chi connectivity index (χ0n) is 17.9. The highest BCUT2D eigenvalue weighted by atomic mass is 16.6. The summed E-state index contributed by atoms with van der Waals surface area (Å²) in [6.07, 6.45) is 2.76. The van der Waals surface area contributed by atoms with E-state index in [9.17, 15) is 4.79 Å². The van der Waals surface area contributed by atoms with Crippen LogP contribution in [0, 0.1) is 12.3 Å². The SMILES string of the molecule is Cc1c(/C(C=N)=C/NCc2ccccc2)cccc1C(C)NC(=O)OC(C)(C)C. The zero-order chi connectivity index (χ0) is 21.4. The molecule has 0 saturated carbocycles. The number of hydrogen-bond donors (Lipinski definition) is 3. The van der Waals surface area contributed by atoms with E-state index in [0.29, 0.717) is 6.54 Å². The molecule has 0 bridgehead atoms. The molecule has 0 spiro atoms. The van der Waals surface area contributed by atoms with Gasteiger partial charge >= 0.3 is 6.09 Å². The number of carbonyl (C=O) groups is 1. The van der Waals surface area contributed by atoms with Crippen molar-refractivity contribution < 1.29 is 9.53 Å². The number of hydrogen-bond acceptors (Lipinski definition) is 4. The first kappa shape index (κ1) is 22.2. The van der Waals surface area contributed by atoms with Crippen molar-refractivity contribution >= 4 is 17.9 Å². The Morgan fingerprint density at radius 1 is 1.14 bits per heavy atom. The van der Waals surface area contributed by atoms with Gasteiger partial charge in [-0.25, -0.2) is 4.79 Å². The molecular formula is C24H31N3O2. The van der Waals surface area contributed by atoms with E-state index in [2.05, 4.69) is 22.8 Å². The molecule has 0 aliphatic carbocycles. The van der Waals surface area contributed by atoms with Gasteiger partial charge in [0.25, 0.3) is 0 Å². The minimum Gasteiger partial charge on any atom is -0.444 e. The van der Waals surface area contributed by atoms with E-state index in [0.717, 1.165) is 22.3 Å². The van der Waals surface area contributed by atoms with Gasteiger partial charge in [0.2, 0.25) is 0 Å². The number of ether oxygens (including phenoxy) is 1. The van der Waals surface area contributed by atoms with E-state index < -0.39 is 11.7 Å². The summed E-state index contributed by atoms with van der Waals surface area (Å²) in [5, 5.41) is 14.0. The summed E-state index contributed by atoms with van der Waals surface area (Å²) in [7, 11) is 0. The Morgan fingerprint density at radius 2 is 1.83 bits per heavy atom. The minimum absolute atomic E-state index is 0.214. The number of rotatable bonds is 7. The molecule has 5 heteroatoms. The van der Waals surface area contributed by atoms with E-state index in [1.807, 2.05) is 77.2 Å². The smallest absolute Gasteiger partial charge is 0.408 e. The van der Waals surface area contributed by atoms with Gasteiger partial charge in [0.1, 0.15) is 5.60 Å². The van der Waals surface area contributed by atoms with Crippen LogP contribution in [-0.4, -0.2) is 17.9 Å². The van der Waals surface area contributed by atoms with Gasteiger partial charge in [0.05, 0.1) is 6.04 Å². The summed E-state index contributed by atoms with van der Waals surface area (Å²) in [6, 6.07) is 15.8. The third-order valence-electron chi connectivity index (χ3n) is 4.45. The fourth-order valence-corrected chi connectivity index (χ4v) is 3.07. The standard InChI is InChI=1S/C24H31N3O2/c1-17-21(18(2)27-23(28)29-24(3,4)5)12-9-13-22(17)20(14-25)16-26-15-19-10-7-6-8-11-19/h6-14,16,18,25-26H,15H2,1-5H3,(H,27,28)/b20-16+,25-14?. The van der Waals surface area contributed by atoms with Crippen LogP contribution in [0.25, 0.3) is 5.57 Å². The lowest BCUT2D eigenvalue weighted by Gasteiger charge is -2.23. The van der Waals surface area contributed by atoms with Crippen LogP contribution in [0.2, 0.25) is 0 Å². The fourth-order valence-electron chi connectivity index (χ4n) is 3.07. The Bertz CT molecular complexity index is 867. The number of benzene rings is 2. The van der Waals surface area contributed by atoms with Crippen LogP contribution >= 0.6 is 0 Å². The maximum Gasteiger partial charge on any atom is 0.408 e. The van der Waals surface area contributed by atoms with E-state index >= 15 is 0 Å². The van der Waals surface area contributed by atoms with E-state index in [-0.39, 0.29) is 6.04 Å². The Balaban J connectivity index is 2.15. The largest absolute Gasteiger partial charge is 0.444 e. The number of alkyl carbamates (subject to hydrolysis) is 1. The topological polar surface area (TPSA) is 74.2 Å². The second-order valence-electron chi connectivity index (χ2n) is 8.00. The molecule has 0 radical (unpaired) electrons. The highest BCUT2D eigenvalue weighted by molar-refractivity contribution is 6.08. The molecule has 0 heterocycles. The normalized spacial score (nSPS) is 12.8. The molecule has 2 aromatic carbocycles. The molecule has 0 aliphatic rings. The third kappa shape index (κ3) is 6.79. The van der Waals surface area contributed by atoms with Gasteiger partial charge in [0, 0.05) is 24.5 Å². The van der Waals surface area contributed by atoms with Gasteiger partial charge in [0.15, 0.2) is 0 Å².